The predicted molar refractivity (Wildman–Crippen MR) is 109 cm³/mol. The average Bonchev–Trinajstić information content (AvgIpc) is 3.33. The van der Waals surface area contributed by atoms with Gasteiger partial charge < -0.3 is 15.2 Å². The first-order chi connectivity index (χ1) is 14.1. The molecule has 2 N–H and O–H groups in total. The molecule has 0 aliphatic rings. The summed E-state index contributed by atoms with van der Waals surface area (Å²) in [5, 5.41) is 7.53. The van der Waals surface area contributed by atoms with E-state index in [2.05, 4.69) is 30.6 Å². The van der Waals surface area contributed by atoms with Crippen molar-refractivity contribution in [3.63, 3.8) is 0 Å². The Morgan fingerprint density at radius 3 is 2.79 bits per heavy atom. The predicted octanol–water partition coefficient (Wildman–Crippen LogP) is 1.88. The van der Waals surface area contributed by atoms with Gasteiger partial charge in [-0.1, -0.05) is 12.1 Å². The minimum atomic E-state index is -0.251. The van der Waals surface area contributed by atoms with E-state index in [0.29, 0.717) is 22.3 Å². The van der Waals surface area contributed by atoms with Gasteiger partial charge in [0.1, 0.15) is 12.2 Å². The number of thiazole rings is 1. The second-order valence-electron chi connectivity index (χ2n) is 6.14. The van der Waals surface area contributed by atoms with Gasteiger partial charge in [0.15, 0.2) is 11.0 Å². The first kappa shape index (κ1) is 18.7. The molecule has 0 saturated carbocycles. The Bertz CT molecular complexity index is 1170. The zero-order valence-electron chi connectivity index (χ0n) is 15.5. The summed E-state index contributed by atoms with van der Waals surface area (Å²) < 4.78 is 1.80. The Morgan fingerprint density at radius 1 is 1.14 bits per heavy atom. The van der Waals surface area contributed by atoms with Crippen molar-refractivity contribution >= 4 is 39.3 Å². The van der Waals surface area contributed by atoms with Crippen molar-refractivity contribution in [3.8, 4) is 11.5 Å². The standard InChI is InChI=1S/C19H17N7O2S/c1-20-16(27)8-12-11-29-19(23-12)25-17(28)10-26-15-5-3-2-4-13(15)24-18(26)14-9-21-6-7-22-14/h2-7,9,11H,8,10H2,1H3,(H,20,27)(H,23,25,28). The number of imidazole rings is 1. The van der Waals surface area contributed by atoms with Crippen molar-refractivity contribution in [2.24, 2.45) is 0 Å². The fraction of sp³-hybridized carbons (Fsp3) is 0.158. The molecule has 0 aliphatic heterocycles. The first-order valence-corrected chi connectivity index (χ1v) is 9.68. The van der Waals surface area contributed by atoms with Gasteiger partial charge in [-0.05, 0) is 12.1 Å². The molecule has 10 heteroatoms. The number of amides is 2. The maximum Gasteiger partial charge on any atom is 0.246 e. The van der Waals surface area contributed by atoms with E-state index in [1.165, 1.54) is 11.3 Å². The monoisotopic (exact) mass is 407 g/mol. The normalized spacial score (nSPS) is 10.8. The van der Waals surface area contributed by atoms with Gasteiger partial charge in [0.05, 0.1) is 29.3 Å². The van der Waals surface area contributed by atoms with Crippen LogP contribution in [0.3, 0.4) is 0 Å². The molecule has 4 aromatic rings. The lowest BCUT2D eigenvalue weighted by atomic mass is 10.3. The highest BCUT2D eigenvalue weighted by molar-refractivity contribution is 7.13. The van der Waals surface area contributed by atoms with E-state index in [1.54, 1.807) is 35.6 Å². The summed E-state index contributed by atoms with van der Waals surface area (Å²) in [6.07, 6.45) is 4.96. The van der Waals surface area contributed by atoms with Crippen LogP contribution < -0.4 is 10.6 Å². The van der Waals surface area contributed by atoms with Crippen LogP contribution in [0.1, 0.15) is 5.69 Å². The minimum absolute atomic E-state index is 0.0385. The molecule has 29 heavy (non-hydrogen) atoms. The van der Waals surface area contributed by atoms with Gasteiger partial charge in [-0.3, -0.25) is 14.6 Å². The molecule has 0 radical (unpaired) electrons. The van der Waals surface area contributed by atoms with E-state index < -0.39 is 0 Å². The fourth-order valence-electron chi connectivity index (χ4n) is 2.85. The molecule has 0 fully saturated rings. The van der Waals surface area contributed by atoms with Crippen molar-refractivity contribution in [1.29, 1.82) is 0 Å². The number of carbonyl (C=O) groups is 2. The molecule has 9 nitrogen and oxygen atoms in total. The Morgan fingerprint density at radius 2 is 2.00 bits per heavy atom. The largest absolute Gasteiger partial charge is 0.359 e. The average molecular weight is 407 g/mol. The number of aromatic nitrogens is 5. The number of hydrogen-bond donors (Lipinski definition) is 2. The maximum atomic E-state index is 12.7. The lowest BCUT2D eigenvalue weighted by Crippen LogP contribution is -2.21. The lowest BCUT2D eigenvalue weighted by Gasteiger charge is -2.08. The minimum Gasteiger partial charge on any atom is -0.359 e. The molecule has 0 spiro atoms. The van der Waals surface area contributed by atoms with E-state index in [-0.39, 0.29) is 24.8 Å². The van der Waals surface area contributed by atoms with Crippen molar-refractivity contribution in [2.75, 3.05) is 12.4 Å². The molecule has 2 amide bonds. The SMILES string of the molecule is CNC(=O)Cc1csc(NC(=O)Cn2c(-c3cnccn3)nc3ccccc32)n1. The molecule has 0 saturated heterocycles. The van der Waals surface area contributed by atoms with Gasteiger partial charge >= 0.3 is 0 Å². The number of carbonyl (C=O) groups excluding carboxylic acids is 2. The quantitative estimate of drug-likeness (QED) is 0.504. The van der Waals surface area contributed by atoms with E-state index in [9.17, 15) is 9.59 Å². The number of fused-ring (bicyclic) bond motifs is 1. The van der Waals surface area contributed by atoms with Crippen LogP contribution in [0.5, 0.6) is 0 Å². The van der Waals surface area contributed by atoms with Crippen LogP contribution in [0.2, 0.25) is 0 Å². The van der Waals surface area contributed by atoms with Gasteiger partial charge in [-0.25, -0.2) is 15.0 Å². The molecule has 1 aromatic carbocycles. The number of nitrogens with one attached hydrogen (secondary N) is 2. The first-order valence-electron chi connectivity index (χ1n) is 8.80. The van der Waals surface area contributed by atoms with Crippen LogP contribution in [0.15, 0.2) is 48.2 Å². The van der Waals surface area contributed by atoms with E-state index in [4.69, 9.17) is 0 Å². The smallest absolute Gasteiger partial charge is 0.246 e. The number of benzene rings is 1. The molecule has 146 valence electrons. The topological polar surface area (TPSA) is 115 Å². The Balaban J connectivity index is 1.57. The summed E-state index contributed by atoms with van der Waals surface area (Å²) in [5.74, 6) is 0.180. The number of hydrogen-bond acceptors (Lipinski definition) is 7. The summed E-state index contributed by atoms with van der Waals surface area (Å²) in [4.78, 5) is 41.5. The van der Waals surface area contributed by atoms with E-state index >= 15 is 0 Å². The Labute approximate surface area is 169 Å². The summed E-state index contributed by atoms with van der Waals surface area (Å²) >= 11 is 1.28. The molecule has 0 aliphatic carbocycles. The third kappa shape index (κ3) is 4.11. The maximum absolute atomic E-state index is 12.7. The van der Waals surface area contributed by atoms with Crippen LogP contribution in [0.4, 0.5) is 5.13 Å². The van der Waals surface area contributed by atoms with Crippen molar-refractivity contribution in [3.05, 3.63) is 53.9 Å². The number of rotatable bonds is 6. The zero-order chi connectivity index (χ0) is 20.2. The number of nitrogens with zero attached hydrogens (tertiary/aromatic N) is 5. The van der Waals surface area contributed by atoms with E-state index in [1.807, 2.05) is 24.3 Å². The van der Waals surface area contributed by atoms with Crippen molar-refractivity contribution in [1.82, 2.24) is 29.8 Å². The zero-order valence-corrected chi connectivity index (χ0v) is 16.3. The van der Waals surface area contributed by atoms with Crippen LogP contribution in [0, 0.1) is 0 Å². The highest BCUT2D eigenvalue weighted by Gasteiger charge is 2.17. The third-order valence-corrected chi connectivity index (χ3v) is 4.97. The highest BCUT2D eigenvalue weighted by atomic mass is 32.1. The molecule has 0 unspecified atom stereocenters. The van der Waals surface area contributed by atoms with Crippen molar-refractivity contribution < 1.29 is 9.59 Å². The molecule has 3 aromatic heterocycles. The molecule has 0 bridgehead atoms. The molecule has 3 heterocycles. The third-order valence-electron chi connectivity index (χ3n) is 4.17. The van der Waals surface area contributed by atoms with Crippen LogP contribution in [-0.4, -0.2) is 43.4 Å². The van der Waals surface area contributed by atoms with Gasteiger partial charge in [-0.2, -0.15) is 0 Å². The van der Waals surface area contributed by atoms with Gasteiger partial charge in [0.25, 0.3) is 0 Å². The number of anilines is 1. The molecular weight excluding hydrogens is 390 g/mol. The van der Waals surface area contributed by atoms with Gasteiger partial charge in [0, 0.05) is 24.8 Å². The van der Waals surface area contributed by atoms with Crippen molar-refractivity contribution in [2.45, 2.75) is 13.0 Å². The van der Waals surface area contributed by atoms with Gasteiger partial charge in [-0.15, -0.1) is 11.3 Å². The van der Waals surface area contributed by atoms with Crippen LogP contribution in [-0.2, 0) is 22.6 Å². The van der Waals surface area contributed by atoms with E-state index in [0.717, 1.165) is 11.0 Å². The number of likely N-dealkylation sites (N-methyl/N-ethyl adjacent to an activating group) is 1. The highest BCUT2D eigenvalue weighted by Crippen LogP contribution is 2.23. The summed E-state index contributed by atoms with van der Waals surface area (Å²) in [6.45, 7) is 0.0385. The Hall–Kier alpha value is -3.66. The lowest BCUT2D eigenvalue weighted by molar-refractivity contribution is -0.120. The molecular formula is C19H17N7O2S. The summed E-state index contributed by atoms with van der Waals surface area (Å²) in [6, 6.07) is 7.57. The number of para-hydroxylation sites is 2. The second kappa shape index (κ2) is 8.15. The molecule has 4 rings (SSSR count). The molecule has 0 atom stereocenters. The Kier molecular flexibility index (Phi) is 5.25. The van der Waals surface area contributed by atoms with Crippen LogP contribution >= 0.6 is 11.3 Å². The summed E-state index contributed by atoms with van der Waals surface area (Å²) in [7, 11) is 1.57. The fourth-order valence-corrected chi connectivity index (χ4v) is 3.57. The summed E-state index contributed by atoms with van der Waals surface area (Å²) in [5.41, 5.74) is 2.78. The van der Waals surface area contributed by atoms with Gasteiger partial charge in [0.2, 0.25) is 11.8 Å². The van der Waals surface area contributed by atoms with Crippen LogP contribution in [0.25, 0.3) is 22.6 Å². The second-order valence-corrected chi connectivity index (χ2v) is 7.00.